The van der Waals surface area contributed by atoms with Crippen LogP contribution in [0.1, 0.15) is 33.0 Å². The van der Waals surface area contributed by atoms with Gasteiger partial charge in [-0.2, -0.15) is 0 Å². The lowest BCUT2D eigenvalue weighted by Crippen LogP contribution is -2.30. The number of oxime groups is 1. The molecule has 1 aliphatic rings. The second-order valence-corrected chi connectivity index (χ2v) is 5.62. The van der Waals surface area contributed by atoms with Crippen LogP contribution in [0.3, 0.4) is 0 Å². The zero-order chi connectivity index (χ0) is 13.1. The molecular weight excluding hydrogens is 250 g/mol. The van der Waals surface area contributed by atoms with E-state index in [2.05, 4.69) is 5.16 Å². The Morgan fingerprint density at radius 2 is 2.39 bits per heavy atom. The molecule has 5 nitrogen and oxygen atoms in total. The van der Waals surface area contributed by atoms with Crippen molar-refractivity contribution in [3.05, 3.63) is 21.4 Å². The fourth-order valence-corrected chi connectivity index (χ4v) is 3.30. The Morgan fingerprint density at radius 3 is 3.06 bits per heavy atom. The van der Waals surface area contributed by atoms with Gasteiger partial charge in [0.15, 0.2) is 0 Å². The maximum atomic E-state index is 12.1. The molecule has 6 heteroatoms. The van der Waals surface area contributed by atoms with Crippen LogP contribution in [0.15, 0.2) is 11.2 Å². The third kappa shape index (κ3) is 2.64. The first-order chi connectivity index (χ1) is 8.61. The summed E-state index contributed by atoms with van der Waals surface area (Å²) in [6.07, 6.45) is 3.77. The highest BCUT2D eigenvalue weighted by atomic mass is 32.1. The molecule has 0 atom stereocenters. The Morgan fingerprint density at radius 1 is 1.61 bits per heavy atom. The van der Waals surface area contributed by atoms with Gasteiger partial charge in [-0.15, -0.1) is 11.3 Å². The van der Waals surface area contributed by atoms with Crippen LogP contribution in [-0.4, -0.2) is 35.4 Å². The van der Waals surface area contributed by atoms with Gasteiger partial charge >= 0.3 is 0 Å². The summed E-state index contributed by atoms with van der Waals surface area (Å²) < 4.78 is 0. The maximum absolute atomic E-state index is 12.1. The molecule has 0 unspecified atom stereocenters. The van der Waals surface area contributed by atoms with Crippen molar-refractivity contribution >= 4 is 23.1 Å². The second kappa shape index (κ2) is 5.39. The Hall–Kier alpha value is -1.56. The summed E-state index contributed by atoms with van der Waals surface area (Å²) in [6.45, 7) is 0.456. The second-order valence-electron chi connectivity index (χ2n) is 4.48. The SMILES string of the molecule is CN(CC/C(N)=N/O)C(=O)c1cc2c(s1)CCC2. The van der Waals surface area contributed by atoms with Crippen molar-refractivity contribution < 1.29 is 10.0 Å². The van der Waals surface area contributed by atoms with Crippen LogP contribution in [0.5, 0.6) is 0 Å². The van der Waals surface area contributed by atoms with Gasteiger partial charge in [0.05, 0.1) is 4.88 Å². The number of amides is 1. The molecule has 0 bridgehead atoms. The summed E-state index contributed by atoms with van der Waals surface area (Å²) in [6, 6.07) is 2.01. The molecule has 0 aromatic carbocycles. The van der Waals surface area contributed by atoms with Crippen molar-refractivity contribution in [2.75, 3.05) is 13.6 Å². The lowest BCUT2D eigenvalue weighted by molar-refractivity contribution is 0.0803. The largest absolute Gasteiger partial charge is 0.409 e. The molecule has 0 fully saturated rings. The first-order valence-electron chi connectivity index (χ1n) is 5.95. The number of carbonyl (C=O) groups is 1. The molecule has 1 aliphatic carbocycles. The topological polar surface area (TPSA) is 78.9 Å². The van der Waals surface area contributed by atoms with Gasteiger partial charge in [-0.05, 0) is 30.9 Å². The predicted molar refractivity (Wildman–Crippen MR) is 71.3 cm³/mol. The quantitative estimate of drug-likeness (QED) is 0.375. The van der Waals surface area contributed by atoms with E-state index in [4.69, 9.17) is 10.9 Å². The number of nitrogens with two attached hydrogens (primary N) is 1. The lowest BCUT2D eigenvalue weighted by atomic mass is 10.2. The standard InChI is InChI=1S/C12H17N3O2S/c1-15(6-5-11(13)14-17)12(16)10-7-8-3-2-4-9(8)18-10/h7,17H,2-6H2,1H3,(H2,13,14). The minimum atomic E-state index is 0.0140. The number of rotatable bonds is 4. The third-order valence-corrected chi connectivity index (χ3v) is 4.36. The van der Waals surface area contributed by atoms with E-state index in [0.29, 0.717) is 13.0 Å². The zero-order valence-electron chi connectivity index (χ0n) is 10.3. The summed E-state index contributed by atoms with van der Waals surface area (Å²) in [5.41, 5.74) is 6.71. The van der Waals surface area contributed by atoms with Crippen molar-refractivity contribution in [1.82, 2.24) is 4.90 Å². The lowest BCUT2D eigenvalue weighted by Gasteiger charge is -2.15. The molecule has 1 aromatic heterocycles. The highest BCUT2D eigenvalue weighted by Gasteiger charge is 2.20. The normalized spacial score (nSPS) is 14.6. The van der Waals surface area contributed by atoms with Crippen LogP contribution in [0.25, 0.3) is 0 Å². The molecule has 98 valence electrons. The molecule has 1 aromatic rings. The van der Waals surface area contributed by atoms with Crippen molar-refractivity contribution in [3.63, 3.8) is 0 Å². The highest BCUT2D eigenvalue weighted by molar-refractivity contribution is 7.14. The molecule has 0 saturated carbocycles. The van der Waals surface area contributed by atoms with Crippen LogP contribution in [0, 0.1) is 0 Å². The third-order valence-electron chi connectivity index (χ3n) is 3.14. The smallest absolute Gasteiger partial charge is 0.263 e. The fourth-order valence-electron chi connectivity index (χ4n) is 2.06. The van der Waals surface area contributed by atoms with Crippen LogP contribution >= 0.6 is 11.3 Å². The summed E-state index contributed by atoms with van der Waals surface area (Å²) in [5.74, 6) is 0.156. The Bertz CT molecular complexity index is 460. The molecule has 2 rings (SSSR count). The average Bonchev–Trinajstić information content (AvgIpc) is 2.94. The van der Waals surface area contributed by atoms with E-state index < -0.39 is 0 Å². The number of aryl methyl sites for hydroxylation is 2. The summed E-state index contributed by atoms with van der Waals surface area (Å²) >= 11 is 1.60. The molecule has 18 heavy (non-hydrogen) atoms. The molecule has 1 heterocycles. The Balaban J connectivity index is 1.97. The predicted octanol–water partition coefficient (Wildman–Crippen LogP) is 1.45. The van der Waals surface area contributed by atoms with E-state index in [0.717, 1.165) is 17.7 Å². The van der Waals surface area contributed by atoms with Crippen LogP contribution in [0.4, 0.5) is 0 Å². The fraction of sp³-hybridized carbons (Fsp3) is 0.500. The van der Waals surface area contributed by atoms with Gasteiger partial charge in [0, 0.05) is 24.9 Å². The highest BCUT2D eigenvalue weighted by Crippen LogP contribution is 2.31. The van der Waals surface area contributed by atoms with Crippen LogP contribution < -0.4 is 5.73 Å². The molecular formula is C12H17N3O2S. The average molecular weight is 267 g/mol. The molecule has 0 aliphatic heterocycles. The van der Waals surface area contributed by atoms with E-state index in [1.165, 1.54) is 16.9 Å². The van der Waals surface area contributed by atoms with Crippen LogP contribution in [-0.2, 0) is 12.8 Å². The van der Waals surface area contributed by atoms with E-state index in [-0.39, 0.29) is 11.7 Å². The van der Waals surface area contributed by atoms with Crippen molar-refractivity contribution in [2.24, 2.45) is 10.9 Å². The van der Waals surface area contributed by atoms with E-state index in [1.807, 2.05) is 6.07 Å². The maximum Gasteiger partial charge on any atom is 0.263 e. The number of carbonyl (C=O) groups excluding carboxylic acids is 1. The molecule has 0 radical (unpaired) electrons. The van der Waals surface area contributed by atoms with Gasteiger partial charge < -0.3 is 15.8 Å². The van der Waals surface area contributed by atoms with E-state index >= 15 is 0 Å². The number of nitrogens with zero attached hydrogens (tertiary/aromatic N) is 2. The van der Waals surface area contributed by atoms with Gasteiger partial charge in [-0.1, -0.05) is 5.16 Å². The van der Waals surface area contributed by atoms with Crippen molar-refractivity contribution in [1.29, 1.82) is 0 Å². The van der Waals surface area contributed by atoms with Crippen molar-refractivity contribution in [2.45, 2.75) is 25.7 Å². The van der Waals surface area contributed by atoms with Gasteiger partial charge in [0.1, 0.15) is 5.84 Å². The molecule has 0 spiro atoms. The summed E-state index contributed by atoms with van der Waals surface area (Å²) in [5, 5.41) is 11.3. The zero-order valence-corrected chi connectivity index (χ0v) is 11.2. The first-order valence-corrected chi connectivity index (χ1v) is 6.77. The molecule has 1 amide bonds. The minimum absolute atomic E-state index is 0.0140. The van der Waals surface area contributed by atoms with E-state index in [1.54, 1.807) is 23.3 Å². The number of thiophene rings is 1. The Kier molecular flexibility index (Phi) is 3.86. The number of amidine groups is 1. The summed E-state index contributed by atoms with van der Waals surface area (Å²) in [7, 11) is 1.73. The molecule has 3 N–H and O–H groups in total. The van der Waals surface area contributed by atoms with Gasteiger partial charge in [0.2, 0.25) is 0 Å². The van der Waals surface area contributed by atoms with Gasteiger partial charge in [-0.25, -0.2) is 0 Å². The minimum Gasteiger partial charge on any atom is -0.409 e. The van der Waals surface area contributed by atoms with Gasteiger partial charge in [0.25, 0.3) is 5.91 Å². The Labute approximate surface area is 110 Å². The monoisotopic (exact) mass is 267 g/mol. The van der Waals surface area contributed by atoms with Gasteiger partial charge in [-0.3, -0.25) is 4.79 Å². The first kappa shape index (κ1) is 12.9. The molecule has 0 saturated heterocycles. The van der Waals surface area contributed by atoms with Crippen molar-refractivity contribution in [3.8, 4) is 0 Å². The number of fused-ring (bicyclic) bond motifs is 1. The number of hydrogen-bond donors (Lipinski definition) is 2. The van der Waals surface area contributed by atoms with E-state index in [9.17, 15) is 4.79 Å². The summed E-state index contributed by atoms with van der Waals surface area (Å²) in [4.78, 5) is 15.9. The number of hydrogen-bond acceptors (Lipinski definition) is 4. The van der Waals surface area contributed by atoms with Crippen LogP contribution in [0.2, 0.25) is 0 Å².